The molecule has 6 nitrogen and oxygen atoms in total. The largest absolute Gasteiger partial charge is 0.383 e. The average molecular weight is 438 g/mol. The topological polar surface area (TPSA) is 74.8 Å². The quantitative estimate of drug-likeness (QED) is 0.247. The number of nitrogens with zero attached hydrogens (tertiary/aromatic N) is 1. The van der Waals surface area contributed by atoms with E-state index in [0.29, 0.717) is 32.2 Å². The van der Waals surface area contributed by atoms with Crippen molar-refractivity contribution in [2.45, 2.75) is 13.5 Å². The second-order valence-electron chi connectivity index (χ2n) is 4.52. The van der Waals surface area contributed by atoms with Crippen molar-refractivity contribution in [3.05, 3.63) is 35.6 Å². The summed E-state index contributed by atoms with van der Waals surface area (Å²) in [5.41, 5.74) is 0.766. The van der Waals surface area contributed by atoms with Crippen LogP contribution in [0.5, 0.6) is 0 Å². The van der Waals surface area contributed by atoms with Crippen molar-refractivity contribution in [3.63, 3.8) is 0 Å². The normalized spacial score (nSPS) is 10.7. The Balaban J connectivity index is 0.00000484. The van der Waals surface area contributed by atoms with Gasteiger partial charge in [0.15, 0.2) is 5.96 Å². The van der Waals surface area contributed by atoms with E-state index >= 15 is 0 Å². The van der Waals surface area contributed by atoms with Crippen molar-refractivity contribution in [1.29, 1.82) is 0 Å². The summed E-state index contributed by atoms with van der Waals surface area (Å²) in [6, 6.07) is 6.27. The molecule has 1 aromatic rings. The van der Waals surface area contributed by atoms with Gasteiger partial charge in [-0.15, -0.1) is 24.0 Å². The molecule has 1 rings (SSSR count). The Bertz CT molecular complexity index is 500. The van der Waals surface area contributed by atoms with Crippen LogP contribution in [-0.2, 0) is 16.1 Å². The number of nitrogens with one attached hydrogen (secondary N) is 3. The predicted molar refractivity (Wildman–Crippen MR) is 99.5 cm³/mol. The molecule has 0 saturated carbocycles. The van der Waals surface area contributed by atoms with E-state index in [0.717, 1.165) is 5.56 Å². The number of rotatable bonds is 8. The molecule has 130 valence electrons. The Morgan fingerprint density at radius 1 is 1.30 bits per heavy atom. The standard InChI is InChI=1S/C15H23FN4O2.HI/c1-3-17-15(20-11-14(21)18-7-8-22-2)19-10-12-5-4-6-13(16)9-12;/h4-6,9H,3,7-8,10-11H2,1-2H3,(H,18,21)(H2,17,19,20);1H. The SMILES string of the molecule is CCNC(=NCc1cccc(F)c1)NCC(=O)NCCOC.I. The molecule has 23 heavy (non-hydrogen) atoms. The highest BCUT2D eigenvalue weighted by molar-refractivity contribution is 14.0. The van der Waals surface area contributed by atoms with Crippen LogP contribution in [-0.4, -0.2) is 45.2 Å². The molecule has 0 fully saturated rings. The van der Waals surface area contributed by atoms with Crippen molar-refractivity contribution in [3.8, 4) is 0 Å². The first-order chi connectivity index (χ1) is 10.7. The number of hydrogen-bond acceptors (Lipinski definition) is 3. The minimum absolute atomic E-state index is 0. The molecule has 0 spiro atoms. The minimum atomic E-state index is -0.289. The van der Waals surface area contributed by atoms with Crippen LogP contribution in [0.3, 0.4) is 0 Å². The molecule has 0 radical (unpaired) electrons. The summed E-state index contributed by atoms with van der Waals surface area (Å²) in [5.74, 6) is 0.0743. The highest BCUT2D eigenvalue weighted by Crippen LogP contribution is 2.04. The molecule has 1 amide bonds. The molecule has 0 heterocycles. The van der Waals surface area contributed by atoms with Crippen molar-refractivity contribution >= 4 is 35.8 Å². The zero-order chi connectivity index (χ0) is 16.2. The van der Waals surface area contributed by atoms with E-state index in [2.05, 4.69) is 20.9 Å². The molecule has 1 aromatic carbocycles. The molecule has 0 aliphatic rings. The van der Waals surface area contributed by atoms with Crippen molar-refractivity contribution in [2.24, 2.45) is 4.99 Å². The lowest BCUT2D eigenvalue weighted by Gasteiger charge is -2.11. The molecule has 0 unspecified atom stereocenters. The first-order valence-corrected chi connectivity index (χ1v) is 7.18. The first kappa shape index (κ1) is 21.6. The molecule has 0 bridgehead atoms. The van der Waals surface area contributed by atoms with Crippen LogP contribution in [0.1, 0.15) is 12.5 Å². The molecule has 8 heteroatoms. The highest BCUT2D eigenvalue weighted by atomic mass is 127. The average Bonchev–Trinajstić information content (AvgIpc) is 2.50. The van der Waals surface area contributed by atoms with Gasteiger partial charge >= 0.3 is 0 Å². The summed E-state index contributed by atoms with van der Waals surface area (Å²) in [7, 11) is 1.58. The maximum Gasteiger partial charge on any atom is 0.239 e. The van der Waals surface area contributed by atoms with Crippen molar-refractivity contribution in [2.75, 3.05) is 33.4 Å². The van der Waals surface area contributed by atoms with Gasteiger partial charge in [-0.2, -0.15) is 0 Å². The Hall–Kier alpha value is -1.42. The predicted octanol–water partition coefficient (Wildman–Crippen LogP) is 1.26. The maximum atomic E-state index is 13.1. The van der Waals surface area contributed by atoms with Gasteiger partial charge in [0.05, 0.1) is 19.7 Å². The van der Waals surface area contributed by atoms with E-state index in [4.69, 9.17) is 4.74 Å². The molecular weight excluding hydrogens is 414 g/mol. The Morgan fingerprint density at radius 3 is 2.74 bits per heavy atom. The number of aliphatic imine (C=N–C) groups is 1. The molecule has 0 aromatic heterocycles. The van der Waals surface area contributed by atoms with Crippen LogP contribution < -0.4 is 16.0 Å². The van der Waals surface area contributed by atoms with Crippen LogP contribution in [0.4, 0.5) is 4.39 Å². The summed E-state index contributed by atoms with van der Waals surface area (Å²) in [6.45, 7) is 3.98. The van der Waals surface area contributed by atoms with Gasteiger partial charge in [0.25, 0.3) is 0 Å². The maximum absolute atomic E-state index is 13.1. The Morgan fingerprint density at radius 2 is 2.09 bits per heavy atom. The number of halogens is 2. The number of guanidine groups is 1. The fourth-order valence-corrected chi connectivity index (χ4v) is 1.67. The third-order valence-electron chi connectivity index (χ3n) is 2.70. The van der Waals surface area contributed by atoms with Crippen LogP contribution >= 0.6 is 24.0 Å². The lowest BCUT2D eigenvalue weighted by molar-refractivity contribution is -0.120. The van der Waals surface area contributed by atoms with E-state index in [9.17, 15) is 9.18 Å². The lowest BCUT2D eigenvalue weighted by Crippen LogP contribution is -2.43. The zero-order valence-electron chi connectivity index (χ0n) is 13.4. The van der Waals surface area contributed by atoms with Crippen molar-refractivity contribution in [1.82, 2.24) is 16.0 Å². The van der Waals surface area contributed by atoms with E-state index in [1.807, 2.05) is 6.92 Å². The number of carbonyl (C=O) groups is 1. The van der Waals surface area contributed by atoms with Gasteiger partial charge in [-0.1, -0.05) is 12.1 Å². The summed E-state index contributed by atoms with van der Waals surface area (Å²) >= 11 is 0. The van der Waals surface area contributed by atoms with Gasteiger partial charge in [0.2, 0.25) is 5.91 Å². The second-order valence-corrected chi connectivity index (χ2v) is 4.52. The van der Waals surface area contributed by atoms with E-state index in [1.54, 1.807) is 19.2 Å². The number of hydrogen-bond donors (Lipinski definition) is 3. The number of carbonyl (C=O) groups excluding carboxylic acids is 1. The third kappa shape index (κ3) is 10.1. The minimum Gasteiger partial charge on any atom is -0.383 e. The third-order valence-corrected chi connectivity index (χ3v) is 2.70. The zero-order valence-corrected chi connectivity index (χ0v) is 15.7. The number of ether oxygens (including phenoxy) is 1. The Kier molecular flexibility index (Phi) is 12.3. The van der Waals surface area contributed by atoms with Crippen LogP contribution in [0.25, 0.3) is 0 Å². The number of benzene rings is 1. The summed E-state index contributed by atoms with van der Waals surface area (Å²) in [4.78, 5) is 15.9. The molecule has 0 aliphatic heterocycles. The highest BCUT2D eigenvalue weighted by Gasteiger charge is 2.03. The molecule has 0 saturated heterocycles. The van der Waals surface area contributed by atoms with Gasteiger partial charge in [0.1, 0.15) is 5.82 Å². The van der Waals surface area contributed by atoms with Gasteiger partial charge in [-0.05, 0) is 24.6 Å². The van der Waals surface area contributed by atoms with Crippen molar-refractivity contribution < 1.29 is 13.9 Å². The first-order valence-electron chi connectivity index (χ1n) is 7.18. The number of amides is 1. The van der Waals surface area contributed by atoms with Crippen LogP contribution in [0.2, 0.25) is 0 Å². The number of methoxy groups -OCH3 is 1. The molecule has 3 N–H and O–H groups in total. The summed E-state index contributed by atoms with van der Waals surface area (Å²) < 4.78 is 18.0. The van der Waals surface area contributed by atoms with Gasteiger partial charge in [-0.3, -0.25) is 4.79 Å². The smallest absolute Gasteiger partial charge is 0.239 e. The summed E-state index contributed by atoms with van der Waals surface area (Å²) in [5, 5.41) is 8.66. The lowest BCUT2D eigenvalue weighted by atomic mass is 10.2. The molecular formula is C15H24FIN4O2. The van der Waals surface area contributed by atoms with E-state index in [-0.39, 0.29) is 42.2 Å². The monoisotopic (exact) mass is 438 g/mol. The molecule has 0 aliphatic carbocycles. The van der Waals surface area contributed by atoms with E-state index in [1.165, 1.54) is 12.1 Å². The Labute approximate surface area is 153 Å². The van der Waals surface area contributed by atoms with Gasteiger partial charge in [-0.25, -0.2) is 9.38 Å². The van der Waals surface area contributed by atoms with Gasteiger partial charge < -0.3 is 20.7 Å². The van der Waals surface area contributed by atoms with Gasteiger partial charge in [0, 0.05) is 20.2 Å². The fraction of sp³-hybridized carbons (Fsp3) is 0.467. The van der Waals surface area contributed by atoms with Crippen LogP contribution in [0, 0.1) is 5.82 Å². The van der Waals surface area contributed by atoms with Crippen LogP contribution in [0.15, 0.2) is 29.3 Å². The van der Waals surface area contributed by atoms with E-state index < -0.39 is 0 Å². The fourth-order valence-electron chi connectivity index (χ4n) is 1.67. The summed E-state index contributed by atoms with van der Waals surface area (Å²) in [6.07, 6.45) is 0. The molecule has 0 atom stereocenters. The second kappa shape index (κ2) is 13.1.